The van der Waals surface area contributed by atoms with E-state index < -0.39 is 5.97 Å². The first-order valence-corrected chi connectivity index (χ1v) is 8.39. The summed E-state index contributed by atoms with van der Waals surface area (Å²) in [4.78, 5) is 29.5. The third kappa shape index (κ3) is 5.04. The minimum atomic E-state index is -0.997. The molecule has 1 fully saturated rings. The van der Waals surface area contributed by atoms with Crippen molar-refractivity contribution in [1.82, 2.24) is 14.7 Å². The van der Waals surface area contributed by atoms with Crippen LogP contribution < -0.4 is 0 Å². The third-order valence-electron chi connectivity index (χ3n) is 4.39. The van der Waals surface area contributed by atoms with Crippen LogP contribution in [0.25, 0.3) is 0 Å². The van der Waals surface area contributed by atoms with E-state index in [-0.39, 0.29) is 18.5 Å². The highest BCUT2D eigenvalue weighted by Crippen LogP contribution is 2.13. The summed E-state index contributed by atoms with van der Waals surface area (Å²) < 4.78 is 0. The number of carbonyl (C=O) groups excluding carboxylic acids is 1. The molecule has 0 saturated carbocycles. The molecule has 0 aliphatic carbocycles. The Hall–Kier alpha value is -1.92. The molecule has 0 aromatic heterocycles. The Labute approximate surface area is 143 Å². The molecule has 1 aromatic carbocycles. The number of carboxylic acid groups (broad SMARTS) is 1. The molecule has 1 amide bonds. The topological polar surface area (TPSA) is 64.1 Å². The van der Waals surface area contributed by atoms with Crippen molar-refractivity contribution in [2.75, 3.05) is 39.8 Å². The fourth-order valence-electron chi connectivity index (χ4n) is 2.82. The van der Waals surface area contributed by atoms with Crippen molar-refractivity contribution in [3.8, 4) is 0 Å². The number of piperazine rings is 1. The molecule has 24 heavy (non-hydrogen) atoms. The number of benzene rings is 1. The zero-order valence-electron chi connectivity index (χ0n) is 14.7. The van der Waals surface area contributed by atoms with Gasteiger partial charge >= 0.3 is 5.97 Å². The molecule has 1 aliphatic heterocycles. The van der Waals surface area contributed by atoms with Crippen molar-refractivity contribution in [2.45, 2.75) is 26.4 Å². The molecule has 1 N–H and O–H groups in total. The Morgan fingerprint density at radius 2 is 1.71 bits per heavy atom. The van der Waals surface area contributed by atoms with Crippen LogP contribution in [0.5, 0.6) is 0 Å². The summed E-state index contributed by atoms with van der Waals surface area (Å²) in [5.41, 5.74) is 1.71. The van der Waals surface area contributed by atoms with Crippen LogP contribution >= 0.6 is 0 Å². The predicted octanol–water partition coefficient (Wildman–Crippen LogP) is 1.37. The fraction of sp³-hybridized carbons (Fsp3) is 0.556. The van der Waals surface area contributed by atoms with Crippen molar-refractivity contribution in [3.05, 3.63) is 35.4 Å². The molecule has 6 heteroatoms. The standard InChI is InChI=1S/C18H27N3O3/c1-14(2)21(13-17(22)23)18(24)16-6-4-15(5-7-16)12-20-10-8-19(3)9-11-20/h4-7,14H,8-13H2,1-3H3,(H,22,23). The number of carbonyl (C=O) groups is 2. The molecule has 0 spiro atoms. The molecule has 0 unspecified atom stereocenters. The zero-order chi connectivity index (χ0) is 17.7. The van der Waals surface area contributed by atoms with E-state index in [9.17, 15) is 9.59 Å². The largest absolute Gasteiger partial charge is 0.480 e. The van der Waals surface area contributed by atoms with Crippen LogP contribution in [0, 0.1) is 0 Å². The molecular formula is C18H27N3O3. The summed E-state index contributed by atoms with van der Waals surface area (Å²) in [6.07, 6.45) is 0. The monoisotopic (exact) mass is 333 g/mol. The lowest BCUT2D eigenvalue weighted by atomic mass is 10.1. The number of amides is 1. The van der Waals surface area contributed by atoms with Crippen LogP contribution in [0.3, 0.4) is 0 Å². The number of nitrogens with zero attached hydrogens (tertiary/aromatic N) is 3. The summed E-state index contributed by atoms with van der Waals surface area (Å²) in [5, 5.41) is 8.97. The van der Waals surface area contributed by atoms with E-state index in [1.165, 1.54) is 10.5 Å². The van der Waals surface area contributed by atoms with Crippen LogP contribution in [0.4, 0.5) is 0 Å². The maximum atomic E-state index is 12.5. The van der Waals surface area contributed by atoms with Gasteiger partial charge in [-0.25, -0.2) is 0 Å². The molecular weight excluding hydrogens is 306 g/mol. The highest BCUT2D eigenvalue weighted by Gasteiger charge is 2.21. The van der Waals surface area contributed by atoms with E-state index in [0.717, 1.165) is 32.7 Å². The molecule has 0 atom stereocenters. The summed E-state index contributed by atoms with van der Waals surface area (Å²) in [6.45, 7) is 8.51. The van der Waals surface area contributed by atoms with Crippen molar-refractivity contribution >= 4 is 11.9 Å². The highest BCUT2D eigenvalue weighted by atomic mass is 16.4. The lowest BCUT2D eigenvalue weighted by Gasteiger charge is -2.32. The second-order valence-electron chi connectivity index (χ2n) is 6.70. The minimum Gasteiger partial charge on any atom is -0.480 e. The van der Waals surface area contributed by atoms with Gasteiger partial charge in [0.2, 0.25) is 0 Å². The SMILES string of the molecule is CC(C)N(CC(=O)O)C(=O)c1ccc(CN2CCN(C)CC2)cc1. The Morgan fingerprint density at radius 3 is 2.21 bits per heavy atom. The van der Waals surface area contributed by atoms with Gasteiger partial charge in [0, 0.05) is 44.3 Å². The Bertz CT molecular complexity index is 563. The second-order valence-corrected chi connectivity index (χ2v) is 6.70. The van der Waals surface area contributed by atoms with Gasteiger partial charge < -0.3 is 14.9 Å². The molecule has 1 aliphatic rings. The predicted molar refractivity (Wildman–Crippen MR) is 93.0 cm³/mol. The number of hydrogen-bond donors (Lipinski definition) is 1. The van der Waals surface area contributed by atoms with Crippen LogP contribution in [-0.4, -0.2) is 77.5 Å². The molecule has 1 aromatic rings. The van der Waals surface area contributed by atoms with Gasteiger partial charge in [0.1, 0.15) is 6.54 Å². The van der Waals surface area contributed by atoms with Gasteiger partial charge in [-0.15, -0.1) is 0 Å². The maximum absolute atomic E-state index is 12.5. The van der Waals surface area contributed by atoms with E-state index in [0.29, 0.717) is 5.56 Å². The molecule has 1 heterocycles. The van der Waals surface area contributed by atoms with Crippen LogP contribution in [0.2, 0.25) is 0 Å². The number of hydrogen-bond acceptors (Lipinski definition) is 4. The maximum Gasteiger partial charge on any atom is 0.323 e. The summed E-state index contributed by atoms with van der Waals surface area (Å²) in [7, 11) is 2.13. The second kappa shape index (κ2) is 8.26. The van der Waals surface area contributed by atoms with Crippen molar-refractivity contribution in [1.29, 1.82) is 0 Å². The summed E-state index contributed by atoms with van der Waals surface area (Å²) in [6, 6.07) is 7.37. The van der Waals surface area contributed by atoms with Gasteiger partial charge in [-0.2, -0.15) is 0 Å². The van der Waals surface area contributed by atoms with Crippen molar-refractivity contribution in [3.63, 3.8) is 0 Å². The van der Waals surface area contributed by atoms with Crippen molar-refractivity contribution < 1.29 is 14.7 Å². The first-order valence-electron chi connectivity index (χ1n) is 8.39. The first-order chi connectivity index (χ1) is 11.4. The molecule has 0 bridgehead atoms. The Morgan fingerprint density at radius 1 is 1.12 bits per heavy atom. The average Bonchev–Trinajstić information content (AvgIpc) is 2.54. The minimum absolute atomic E-state index is 0.154. The summed E-state index contributed by atoms with van der Waals surface area (Å²) in [5.74, 6) is -1.23. The smallest absolute Gasteiger partial charge is 0.323 e. The Kier molecular flexibility index (Phi) is 6.34. The van der Waals surface area contributed by atoms with E-state index in [1.807, 2.05) is 26.0 Å². The highest BCUT2D eigenvalue weighted by molar-refractivity contribution is 5.96. The van der Waals surface area contributed by atoms with Gasteiger partial charge in [0.25, 0.3) is 5.91 Å². The number of carboxylic acids is 1. The molecule has 132 valence electrons. The normalized spacial score (nSPS) is 16.3. The Balaban J connectivity index is 1.99. The van der Waals surface area contributed by atoms with Gasteiger partial charge in [0.05, 0.1) is 0 Å². The lowest BCUT2D eigenvalue weighted by molar-refractivity contribution is -0.138. The van der Waals surface area contributed by atoms with Crippen LogP contribution in [0.1, 0.15) is 29.8 Å². The molecule has 1 saturated heterocycles. The van der Waals surface area contributed by atoms with Crippen molar-refractivity contribution in [2.24, 2.45) is 0 Å². The number of likely N-dealkylation sites (N-methyl/N-ethyl adjacent to an activating group) is 1. The number of aliphatic carboxylic acids is 1. The molecule has 2 rings (SSSR count). The lowest BCUT2D eigenvalue weighted by Crippen LogP contribution is -2.43. The van der Waals surface area contributed by atoms with Gasteiger partial charge in [-0.05, 0) is 38.6 Å². The van der Waals surface area contributed by atoms with E-state index in [4.69, 9.17) is 5.11 Å². The average molecular weight is 333 g/mol. The van der Waals surface area contributed by atoms with Gasteiger partial charge in [-0.3, -0.25) is 14.5 Å². The summed E-state index contributed by atoms with van der Waals surface area (Å²) >= 11 is 0. The third-order valence-corrected chi connectivity index (χ3v) is 4.39. The van der Waals surface area contributed by atoms with Crippen LogP contribution in [-0.2, 0) is 11.3 Å². The fourth-order valence-corrected chi connectivity index (χ4v) is 2.82. The van der Waals surface area contributed by atoms with E-state index in [1.54, 1.807) is 12.1 Å². The first kappa shape index (κ1) is 18.4. The molecule has 6 nitrogen and oxygen atoms in total. The zero-order valence-corrected chi connectivity index (χ0v) is 14.7. The molecule has 0 radical (unpaired) electrons. The van der Waals surface area contributed by atoms with Gasteiger partial charge in [0.15, 0.2) is 0 Å². The quantitative estimate of drug-likeness (QED) is 0.852. The van der Waals surface area contributed by atoms with Crippen LogP contribution in [0.15, 0.2) is 24.3 Å². The van der Waals surface area contributed by atoms with E-state index in [2.05, 4.69) is 16.8 Å². The van der Waals surface area contributed by atoms with E-state index >= 15 is 0 Å². The van der Waals surface area contributed by atoms with Gasteiger partial charge in [-0.1, -0.05) is 12.1 Å². The number of rotatable bonds is 6.